The van der Waals surface area contributed by atoms with Crippen LogP contribution in [0.4, 0.5) is 0 Å². The maximum atomic E-state index is 11.9. The molecule has 3 nitrogen and oxygen atoms in total. The Balaban J connectivity index is 1.78. The Morgan fingerprint density at radius 3 is 2.72 bits per heavy atom. The molecular weight excluding hydrogens is 268 g/mol. The number of thiophene rings is 1. The maximum Gasteiger partial charge on any atom is 0.222 e. The van der Waals surface area contributed by atoms with Gasteiger partial charge in [-0.05, 0) is 25.0 Å². The Kier molecular flexibility index (Phi) is 4.65. The quantitative estimate of drug-likeness (QED) is 0.894. The van der Waals surface area contributed by atoms with E-state index in [0.717, 1.165) is 34.9 Å². The molecule has 1 fully saturated rings. The molecule has 0 radical (unpaired) electrons. The summed E-state index contributed by atoms with van der Waals surface area (Å²) in [6.45, 7) is 0.548. The van der Waals surface area contributed by atoms with E-state index in [1.54, 1.807) is 0 Å². The van der Waals surface area contributed by atoms with E-state index in [1.165, 1.54) is 17.8 Å². The highest BCUT2D eigenvalue weighted by atomic mass is 35.5. The molecule has 1 aliphatic carbocycles. The number of amides is 1. The molecule has 0 atom stereocenters. The molecule has 100 valence electrons. The molecule has 1 aromatic heterocycles. The molecular formula is C13H19ClN2OS. The van der Waals surface area contributed by atoms with E-state index in [4.69, 9.17) is 17.3 Å². The number of hydrogen-bond donors (Lipinski definition) is 2. The first-order valence-electron chi connectivity index (χ1n) is 6.37. The van der Waals surface area contributed by atoms with E-state index in [0.29, 0.717) is 13.0 Å². The van der Waals surface area contributed by atoms with Crippen molar-refractivity contribution in [1.29, 1.82) is 0 Å². The van der Waals surface area contributed by atoms with Crippen molar-refractivity contribution in [3.8, 4) is 0 Å². The molecule has 0 spiro atoms. The van der Waals surface area contributed by atoms with Gasteiger partial charge in [0.2, 0.25) is 5.91 Å². The van der Waals surface area contributed by atoms with Gasteiger partial charge in [0.25, 0.3) is 0 Å². The van der Waals surface area contributed by atoms with Crippen molar-refractivity contribution in [3.05, 3.63) is 21.3 Å². The Morgan fingerprint density at radius 1 is 1.39 bits per heavy atom. The van der Waals surface area contributed by atoms with Gasteiger partial charge in [-0.2, -0.15) is 0 Å². The molecule has 0 bridgehead atoms. The van der Waals surface area contributed by atoms with Crippen LogP contribution in [0.3, 0.4) is 0 Å². The molecule has 0 aliphatic heterocycles. The van der Waals surface area contributed by atoms with Gasteiger partial charge in [-0.1, -0.05) is 30.9 Å². The molecule has 0 saturated heterocycles. The number of carbonyl (C=O) groups is 1. The average Bonchev–Trinajstić information content (AvgIpc) is 2.73. The zero-order valence-electron chi connectivity index (χ0n) is 10.4. The SMILES string of the molecule is NC1(CC(=O)NCc2ccc(Cl)s2)CCCCC1. The van der Waals surface area contributed by atoms with E-state index >= 15 is 0 Å². The molecule has 3 N–H and O–H groups in total. The smallest absolute Gasteiger partial charge is 0.222 e. The molecule has 0 aromatic carbocycles. The fraction of sp³-hybridized carbons (Fsp3) is 0.615. The fourth-order valence-corrected chi connectivity index (χ4v) is 3.47. The van der Waals surface area contributed by atoms with E-state index in [2.05, 4.69) is 5.32 Å². The van der Waals surface area contributed by atoms with Crippen LogP contribution in [0.25, 0.3) is 0 Å². The predicted molar refractivity (Wildman–Crippen MR) is 75.8 cm³/mol. The van der Waals surface area contributed by atoms with Crippen molar-refractivity contribution in [2.45, 2.75) is 50.6 Å². The Labute approximate surface area is 117 Å². The van der Waals surface area contributed by atoms with Gasteiger partial charge in [0.1, 0.15) is 0 Å². The van der Waals surface area contributed by atoms with Crippen LogP contribution in [0.2, 0.25) is 4.34 Å². The first-order chi connectivity index (χ1) is 8.57. The number of nitrogens with one attached hydrogen (secondary N) is 1. The van der Waals surface area contributed by atoms with Gasteiger partial charge in [-0.15, -0.1) is 11.3 Å². The van der Waals surface area contributed by atoms with Crippen LogP contribution in [0.15, 0.2) is 12.1 Å². The van der Waals surface area contributed by atoms with Gasteiger partial charge >= 0.3 is 0 Å². The average molecular weight is 287 g/mol. The Morgan fingerprint density at radius 2 is 2.11 bits per heavy atom. The van der Waals surface area contributed by atoms with Gasteiger partial charge < -0.3 is 11.1 Å². The predicted octanol–water partition coefficient (Wildman–Crippen LogP) is 3.07. The first kappa shape index (κ1) is 13.8. The van der Waals surface area contributed by atoms with Crippen LogP contribution in [0.5, 0.6) is 0 Å². The third kappa shape index (κ3) is 3.97. The van der Waals surface area contributed by atoms with Crippen molar-refractivity contribution in [3.63, 3.8) is 0 Å². The van der Waals surface area contributed by atoms with Crippen LogP contribution in [-0.4, -0.2) is 11.4 Å². The summed E-state index contributed by atoms with van der Waals surface area (Å²) in [6, 6.07) is 3.78. The minimum Gasteiger partial charge on any atom is -0.351 e. The third-order valence-corrected chi connectivity index (χ3v) is 4.68. The van der Waals surface area contributed by atoms with E-state index < -0.39 is 0 Å². The van der Waals surface area contributed by atoms with Crippen LogP contribution in [0.1, 0.15) is 43.4 Å². The Hall–Kier alpha value is -0.580. The van der Waals surface area contributed by atoms with Gasteiger partial charge in [-0.3, -0.25) is 4.79 Å². The first-order valence-corrected chi connectivity index (χ1v) is 7.57. The van der Waals surface area contributed by atoms with Crippen molar-refractivity contribution < 1.29 is 4.79 Å². The summed E-state index contributed by atoms with van der Waals surface area (Å²) < 4.78 is 0.752. The molecule has 1 amide bonds. The van der Waals surface area contributed by atoms with E-state index in [9.17, 15) is 4.79 Å². The standard InChI is InChI=1S/C13H19ClN2OS/c14-11-5-4-10(18-11)9-16-12(17)8-13(15)6-2-1-3-7-13/h4-5H,1-3,6-9,15H2,(H,16,17). The second-order valence-electron chi connectivity index (χ2n) is 5.08. The lowest BCUT2D eigenvalue weighted by molar-refractivity contribution is -0.122. The van der Waals surface area contributed by atoms with Crippen LogP contribution in [-0.2, 0) is 11.3 Å². The van der Waals surface area contributed by atoms with Crippen LogP contribution < -0.4 is 11.1 Å². The zero-order chi connectivity index (χ0) is 13.0. The summed E-state index contributed by atoms with van der Waals surface area (Å²) in [5, 5.41) is 2.92. The van der Waals surface area contributed by atoms with Crippen molar-refractivity contribution in [2.24, 2.45) is 5.73 Å². The normalized spacial score (nSPS) is 18.6. The van der Waals surface area contributed by atoms with E-state index in [1.807, 2.05) is 12.1 Å². The summed E-state index contributed by atoms with van der Waals surface area (Å²) in [4.78, 5) is 12.9. The minimum atomic E-state index is -0.282. The Bertz CT molecular complexity index is 413. The van der Waals surface area contributed by atoms with Crippen molar-refractivity contribution >= 4 is 28.8 Å². The summed E-state index contributed by atoms with van der Waals surface area (Å²) in [7, 11) is 0. The lowest BCUT2D eigenvalue weighted by Crippen LogP contribution is -2.45. The topological polar surface area (TPSA) is 55.1 Å². The number of carbonyl (C=O) groups excluding carboxylic acids is 1. The maximum absolute atomic E-state index is 11.9. The summed E-state index contributed by atoms with van der Waals surface area (Å²) in [5.41, 5.74) is 5.97. The second-order valence-corrected chi connectivity index (χ2v) is 6.88. The summed E-state index contributed by atoms with van der Waals surface area (Å²) in [6.07, 6.45) is 5.89. The number of nitrogens with two attached hydrogens (primary N) is 1. The van der Waals surface area contributed by atoms with Gasteiger partial charge in [0, 0.05) is 16.8 Å². The molecule has 5 heteroatoms. The number of hydrogen-bond acceptors (Lipinski definition) is 3. The van der Waals surface area contributed by atoms with Crippen molar-refractivity contribution in [1.82, 2.24) is 5.32 Å². The van der Waals surface area contributed by atoms with E-state index in [-0.39, 0.29) is 11.4 Å². The molecule has 1 aliphatic rings. The monoisotopic (exact) mass is 286 g/mol. The lowest BCUT2D eigenvalue weighted by Gasteiger charge is -2.32. The second kappa shape index (κ2) is 6.04. The highest BCUT2D eigenvalue weighted by Crippen LogP contribution is 2.28. The number of rotatable bonds is 4. The molecule has 1 saturated carbocycles. The molecule has 1 heterocycles. The molecule has 2 rings (SSSR count). The lowest BCUT2D eigenvalue weighted by atomic mass is 9.80. The highest BCUT2D eigenvalue weighted by Gasteiger charge is 2.29. The highest BCUT2D eigenvalue weighted by molar-refractivity contribution is 7.16. The van der Waals surface area contributed by atoms with Crippen LogP contribution >= 0.6 is 22.9 Å². The molecule has 0 unspecified atom stereocenters. The van der Waals surface area contributed by atoms with Crippen molar-refractivity contribution in [2.75, 3.05) is 0 Å². The minimum absolute atomic E-state index is 0.0453. The third-order valence-electron chi connectivity index (χ3n) is 3.45. The van der Waals surface area contributed by atoms with Crippen LogP contribution in [0, 0.1) is 0 Å². The van der Waals surface area contributed by atoms with Gasteiger partial charge in [0.15, 0.2) is 0 Å². The summed E-state index contributed by atoms with van der Waals surface area (Å²) in [5.74, 6) is 0.0453. The largest absolute Gasteiger partial charge is 0.351 e. The zero-order valence-corrected chi connectivity index (χ0v) is 11.9. The fourth-order valence-electron chi connectivity index (χ4n) is 2.45. The molecule has 18 heavy (non-hydrogen) atoms. The molecule has 1 aromatic rings. The number of halogens is 1. The summed E-state index contributed by atoms with van der Waals surface area (Å²) >= 11 is 7.33. The van der Waals surface area contributed by atoms with Gasteiger partial charge in [-0.25, -0.2) is 0 Å². The van der Waals surface area contributed by atoms with Gasteiger partial charge in [0.05, 0.1) is 10.9 Å².